The molecule has 122 valence electrons. The number of alkyl halides is 3. The molecule has 0 unspecified atom stereocenters. The fourth-order valence-corrected chi connectivity index (χ4v) is 2.83. The van der Waals surface area contributed by atoms with E-state index >= 15 is 0 Å². The van der Waals surface area contributed by atoms with Crippen LogP contribution in [0.2, 0.25) is 0 Å². The highest BCUT2D eigenvalue weighted by atomic mass is 19.4. The van der Waals surface area contributed by atoms with E-state index in [2.05, 4.69) is 10.2 Å². The van der Waals surface area contributed by atoms with Gasteiger partial charge in [-0.25, -0.2) is 0 Å². The van der Waals surface area contributed by atoms with Crippen molar-refractivity contribution in [3.05, 3.63) is 35.9 Å². The number of hydrogen-bond donors (Lipinski definition) is 1. The third-order valence-corrected chi connectivity index (χ3v) is 4.19. The molecule has 0 aliphatic carbocycles. The van der Waals surface area contributed by atoms with Crippen LogP contribution in [0.15, 0.2) is 30.3 Å². The van der Waals surface area contributed by atoms with Gasteiger partial charge in [-0.15, -0.1) is 0 Å². The lowest BCUT2D eigenvalue weighted by atomic mass is 9.95. The quantitative estimate of drug-likeness (QED) is 0.906. The van der Waals surface area contributed by atoms with Gasteiger partial charge in [-0.05, 0) is 32.0 Å². The Kier molecular flexibility index (Phi) is 5.45. The number of likely N-dealkylation sites (tertiary alicyclic amines) is 1. The van der Waals surface area contributed by atoms with E-state index in [0.717, 1.165) is 19.4 Å². The molecule has 1 fully saturated rings. The topological polar surface area (TPSA) is 32.3 Å². The molecule has 22 heavy (non-hydrogen) atoms. The van der Waals surface area contributed by atoms with Crippen molar-refractivity contribution >= 4 is 5.91 Å². The molecule has 3 nitrogen and oxygen atoms in total. The fraction of sp³-hybridized carbons (Fsp3) is 0.562. The lowest BCUT2D eigenvalue weighted by Gasteiger charge is -2.22. The Morgan fingerprint density at radius 2 is 2.05 bits per heavy atom. The van der Waals surface area contributed by atoms with Crippen molar-refractivity contribution in [2.24, 2.45) is 0 Å². The van der Waals surface area contributed by atoms with Gasteiger partial charge in [0, 0.05) is 19.0 Å². The molecule has 1 heterocycles. The number of hydrogen-bond acceptors (Lipinski definition) is 2. The first kappa shape index (κ1) is 16.8. The molecule has 0 bridgehead atoms. The predicted molar refractivity (Wildman–Crippen MR) is 78.5 cm³/mol. The second kappa shape index (κ2) is 7.13. The van der Waals surface area contributed by atoms with Crippen molar-refractivity contribution in [1.82, 2.24) is 10.2 Å². The molecule has 1 aromatic rings. The van der Waals surface area contributed by atoms with Crippen LogP contribution >= 0.6 is 0 Å². The molecule has 0 aromatic heterocycles. The van der Waals surface area contributed by atoms with Gasteiger partial charge in [0.05, 0.1) is 5.92 Å². The van der Waals surface area contributed by atoms with Crippen LogP contribution < -0.4 is 5.32 Å². The van der Waals surface area contributed by atoms with Gasteiger partial charge < -0.3 is 10.2 Å². The molecule has 2 atom stereocenters. The number of carbonyl (C=O) groups excluding carboxylic acids is 1. The van der Waals surface area contributed by atoms with E-state index < -0.39 is 24.4 Å². The van der Waals surface area contributed by atoms with Gasteiger partial charge in [-0.3, -0.25) is 4.79 Å². The molecule has 1 aliphatic rings. The van der Waals surface area contributed by atoms with Crippen LogP contribution in [0.1, 0.15) is 30.7 Å². The molecule has 0 saturated carbocycles. The molecule has 1 aromatic carbocycles. The fourth-order valence-electron chi connectivity index (χ4n) is 2.83. The number of rotatable bonds is 5. The minimum atomic E-state index is -4.43. The van der Waals surface area contributed by atoms with Crippen LogP contribution in [-0.2, 0) is 4.79 Å². The van der Waals surface area contributed by atoms with Crippen LogP contribution in [0.4, 0.5) is 13.2 Å². The van der Waals surface area contributed by atoms with Crippen molar-refractivity contribution in [3.63, 3.8) is 0 Å². The minimum absolute atomic E-state index is 0.128. The van der Waals surface area contributed by atoms with Gasteiger partial charge in [-0.1, -0.05) is 30.3 Å². The molecule has 6 heteroatoms. The van der Waals surface area contributed by atoms with Crippen LogP contribution in [-0.4, -0.2) is 43.2 Å². The first-order valence-electron chi connectivity index (χ1n) is 7.46. The van der Waals surface area contributed by atoms with Gasteiger partial charge in [-0.2, -0.15) is 13.2 Å². The van der Waals surface area contributed by atoms with Crippen LogP contribution in [0.3, 0.4) is 0 Å². The van der Waals surface area contributed by atoms with E-state index in [1.807, 2.05) is 7.05 Å². The first-order chi connectivity index (χ1) is 10.4. The Hall–Kier alpha value is -1.56. The highest BCUT2D eigenvalue weighted by Gasteiger charge is 2.41. The zero-order valence-electron chi connectivity index (χ0n) is 12.6. The summed E-state index contributed by atoms with van der Waals surface area (Å²) in [4.78, 5) is 14.0. The lowest BCUT2D eigenvalue weighted by molar-refractivity contribution is -0.157. The van der Waals surface area contributed by atoms with Gasteiger partial charge in [0.25, 0.3) is 0 Å². The Morgan fingerprint density at radius 3 is 2.59 bits per heavy atom. The summed E-state index contributed by atoms with van der Waals surface area (Å²) in [6.07, 6.45) is -2.96. The number of nitrogens with one attached hydrogen (secondary N) is 1. The predicted octanol–water partition coefficient (Wildman–Crippen LogP) is 2.93. The van der Waals surface area contributed by atoms with Crippen molar-refractivity contribution in [2.75, 3.05) is 20.1 Å². The third kappa shape index (κ3) is 4.47. The summed E-state index contributed by atoms with van der Waals surface area (Å²) in [5, 5.41) is 2.65. The highest BCUT2D eigenvalue weighted by Crippen LogP contribution is 2.37. The number of halogens is 3. The average molecular weight is 314 g/mol. The molecular weight excluding hydrogens is 293 g/mol. The summed E-state index contributed by atoms with van der Waals surface area (Å²) in [6.45, 7) is 1.38. The lowest BCUT2D eigenvalue weighted by Crippen LogP contribution is -2.39. The number of likely N-dealkylation sites (N-methyl/N-ethyl adjacent to an activating group) is 1. The van der Waals surface area contributed by atoms with E-state index in [4.69, 9.17) is 0 Å². The maximum Gasteiger partial charge on any atom is 0.396 e. The Labute approximate surface area is 128 Å². The first-order valence-corrected chi connectivity index (χ1v) is 7.46. The zero-order valence-corrected chi connectivity index (χ0v) is 12.6. The van der Waals surface area contributed by atoms with E-state index in [1.165, 1.54) is 12.1 Å². The number of amides is 1. The van der Waals surface area contributed by atoms with E-state index in [0.29, 0.717) is 6.54 Å². The second-order valence-electron chi connectivity index (χ2n) is 5.79. The Morgan fingerprint density at radius 1 is 1.36 bits per heavy atom. The standard InChI is InChI=1S/C16H21F3N2O/c1-21-9-5-8-13(21)11-20-15(22)10-14(16(17,18)19)12-6-3-2-4-7-12/h2-4,6-7,13-14H,5,8-11H2,1H3,(H,20,22)/t13-,14+/m1/s1. The highest BCUT2D eigenvalue weighted by molar-refractivity contribution is 5.77. The molecule has 0 spiro atoms. The summed E-state index contributed by atoms with van der Waals surface area (Å²) in [5.74, 6) is -2.30. The smallest absolute Gasteiger partial charge is 0.355 e. The third-order valence-electron chi connectivity index (χ3n) is 4.19. The van der Waals surface area contributed by atoms with Gasteiger partial charge >= 0.3 is 6.18 Å². The summed E-state index contributed by atoms with van der Waals surface area (Å²) in [5.41, 5.74) is 0.128. The molecule has 1 aliphatic heterocycles. The van der Waals surface area contributed by atoms with Crippen LogP contribution in [0, 0.1) is 0 Å². The van der Waals surface area contributed by atoms with Crippen molar-refractivity contribution < 1.29 is 18.0 Å². The van der Waals surface area contributed by atoms with Crippen LogP contribution in [0.5, 0.6) is 0 Å². The number of nitrogens with zero attached hydrogens (tertiary/aromatic N) is 1. The van der Waals surface area contributed by atoms with Crippen molar-refractivity contribution in [3.8, 4) is 0 Å². The van der Waals surface area contributed by atoms with Gasteiger partial charge in [0.2, 0.25) is 5.91 Å². The maximum absolute atomic E-state index is 13.2. The molecule has 1 N–H and O–H groups in total. The molecule has 1 saturated heterocycles. The van der Waals surface area contributed by atoms with Crippen molar-refractivity contribution in [1.29, 1.82) is 0 Å². The minimum Gasteiger partial charge on any atom is -0.355 e. The van der Waals surface area contributed by atoms with E-state index in [9.17, 15) is 18.0 Å². The zero-order chi connectivity index (χ0) is 16.2. The average Bonchev–Trinajstić information content (AvgIpc) is 2.87. The molecule has 2 rings (SSSR count). The maximum atomic E-state index is 13.2. The Balaban J connectivity index is 1.94. The summed E-state index contributed by atoms with van der Waals surface area (Å²) >= 11 is 0. The number of carbonyl (C=O) groups is 1. The van der Waals surface area contributed by atoms with Gasteiger partial charge in [0.15, 0.2) is 0 Å². The monoisotopic (exact) mass is 314 g/mol. The van der Waals surface area contributed by atoms with Gasteiger partial charge in [0.1, 0.15) is 0 Å². The normalized spacial score (nSPS) is 20.8. The SMILES string of the molecule is CN1CCC[C@@H]1CNC(=O)C[C@@H](c1ccccc1)C(F)(F)F. The summed E-state index contributed by atoms with van der Waals surface area (Å²) < 4.78 is 39.5. The van der Waals surface area contributed by atoms with E-state index in [-0.39, 0.29) is 11.6 Å². The number of benzene rings is 1. The summed E-state index contributed by atoms with van der Waals surface area (Å²) in [6, 6.07) is 7.82. The molecular formula is C16H21F3N2O. The Bertz CT molecular complexity index is 490. The molecule has 1 amide bonds. The summed E-state index contributed by atoms with van der Waals surface area (Å²) in [7, 11) is 1.96. The van der Waals surface area contributed by atoms with Crippen molar-refractivity contribution in [2.45, 2.75) is 37.4 Å². The molecule has 0 radical (unpaired) electrons. The van der Waals surface area contributed by atoms with E-state index in [1.54, 1.807) is 18.2 Å². The largest absolute Gasteiger partial charge is 0.396 e. The van der Waals surface area contributed by atoms with Crippen LogP contribution in [0.25, 0.3) is 0 Å². The second-order valence-corrected chi connectivity index (χ2v) is 5.79.